The monoisotopic (exact) mass is 439 g/mol. The lowest BCUT2D eigenvalue weighted by atomic mass is 9.92. The number of hydrogen-bond acceptors (Lipinski definition) is 5. The van der Waals surface area contributed by atoms with Crippen molar-refractivity contribution in [3.05, 3.63) is 23.9 Å². The number of para-hydroxylation sites is 1. The average Bonchev–Trinajstić information content (AvgIpc) is 3.13. The van der Waals surface area contributed by atoms with Crippen LogP contribution in [0.15, 0.2) is 18.2 Å². The van der Waals surface area contributed by atoms with Crippen LogP contribution >= 0.6 is 0 Å². The highest BCUT2D eigenvalue weighted by atomic mass is 16.2. The van der Waals surface area contributed by atoms with E-state index in [-0.39, 0.29) is 17.7 Å². The van der Waals surface area contributed by atoms with E-state index in [9.17, 15) is 9.59 Å². The molecule has 2 fully saturated rings. The predicted molar refractivity (Wildman–Crippen MR) is 128 cm³/mol. The molecule has 1 unspecified atom stereocenters. The van der Waals surface area contributed by atoms with Crippen LogP contribution in [0.25, 0.3) is 10.9 Å². The summed E-state index contributed by atoms with van der Waals surface area (Å²) in [4.78, 5) is 26.5. The van der Waals surface area contributed by atoms with E-state index in [0.717, 1.165) is 35.2 Å². The third-order valence-electron chi connectivity index (χ3n) is 6.88. The molecule has 1 aromatic heterocycles. The summed E-state index contributed by atoms with van der Waals surface area (Å²) in [6, 6.07) is 6.12. The zero-order valence-electron chi connectivity index (χ0n) is 19.4. The fraction of sp³-hybridized carbons (Fsp3) is 0.640. The Hall–Kier alpha value is -2.41. The molecule has 32 heavy (non-hydrogen) atoms. The van der Waals surface area contributed by atoms with Crippen molar-refractivity contribution in [2.75, 3.05) is 31.5 Å². The van der Waals surface area contributed by atoms with Crippen LogP contribution in [0.1, 0.15) is 75.8 Å². The zero-order chi connectivity index (χ0) is 22.3. The molecule has 1 aromatic carbocycles. The van der Waals surface area contributed by atoms with E-state index in [1.54, 1.807) is 0 Å². The fourth-order valence-electron chi connectivity index (χ4n) is 5.12. The second kappa shape index (κ2) is 10.9. The molecule has 0 saturated carbocycles. The van der Waals surface area contributed by atoms with Crippen molar-refractivity contribution in [3.63, 3.8) is 0 Å². The van der Waals surface area contributed by atoms with Gasteiger partial charge in [-0.3, -0.25) is 19.6 Å². The van der Waals surface area contributed by atoms with Gasteiger partial charge in [0.15, 0.2) is 0 Å². The molecule has 0 spiro atoms. The molecule has 1 atom stereocenters. The largest absolute Gasteiger partial charge is 0.383 e. The molecule has 7 heteroatoms. The molecule has 7 nitrogen and oxygen atoms in total. The standard InChI is InChI=1S/C25H37N5O2/c1-29-24-19(23(28-29)20-13-14-22(31)27-25(20)32)11-10-12-21(24)26-15-6-3-2-4-7-16-30-17-8-5-9-18-30/h10-12,20,26H,2-9,13-18H2,1H3,(H,27,31,32). The highest BCUT2D eigenvalue weighted by Gasteiger charge is 2.31. The number of amides is 2. The van der Waals surface area contributed by atoms with Crippen molar-refractivity contribution < 1.29 is 9.59 Å². The van der Waals surface area contributed by atoms with Gasteiger partial charge in [-0.25, -0.2) is 0 Å². The molecule has 0 bridgehead atoms. The van der Waals surface area contributed by atoms with Gasteiger partial charge in [-0.05, 0) is 57.8 Å². The number of rotatable bonds is 10. The lowest BCUT2D eigenvalue weighted by Crippen LogP contribution is -2.39. The number of likely N-dealkylation sites (tertiary alicyclic amines) is 1. The summed E-state index contributed by atoms with van der Waals surface area (Å²) in [5.74, 6) is -0.795. The van der Waals surface area contributed by atoms with Crippen LogP contribution in [0.5, 0.6) is 0 Å². The SMILES string of the molecule is Cn1nc(C2CCC(=O)NC2=O)c2cccc(NCCCCCCCN3CCCCC3)c21. The lowest BCUT2D eigenvalue weighted by molar-refractivity contribution is -0.134. The number of carbonyl (C=O) groups is 2. The highest BCUT2D eigenvalue weighted by molar-refractivity contribution is 6.03. The minimum Gasteiger partial charge on any atom is -0.383 e. The maximum absolute atomic E-state index is 12.4. The van der Waals surface area contributed by atoms with Gasteiger partial charge in [-0.15, -0.1) is 0 Å². The molecule has 2 aromatic rings. The van der Waals surface area contributed by atoms with Crippen LogP contribution in [-0.2, 0) is 16.6 Å². The molecular formula is C25H37N5O2. The van der Waals surface area contributed by atoms with Gasteiger partial charge in [0.25, 0.3) is 0 Å². The molecule has 4 rings (SSSR count). The molecule has 2 aliphatic heterocycles. The number of nitrogens with zero attached hydrogens (tertiary/aromatic N) is 3. The van der Waals surface area contributed by atoms with Gasteiger partial charge in [-0.2, -0.15) is 5.10 Å². The van der Waals surface area contributed by atoms with E-state index in [2.05, 4.69) is 26.7 Å². The Kier molecular flexibility index (Phi) is 7.79. The number of piperidine rings is 2. The number of imide groups is 1. The van der Waals surface area contributed by atoms with Crippen LogP contribution in [-0.4, -0.2) is 52.7 Å². The van der Waals surface area contributed by atoms with Crippen molar-refractivity contribution >= 4 is 28.4 Å². The van der Waals surface area contributed by atoms with Gasteiger partial charge in [-0.1, -0.05) is 37.8 Å². The zero-order valence-corrected chi connectivity index (χ0v) is 19.4. The lowest BCUT2D eigenvalue weighted by Gasteiger charge is -2.26. The maximum atomic E-state index is 12.4. The summed E-state index contributed by atoms with van der Waals surface area (Å²) in [6.45, 7) is 4.81. The van der Waals surface area contributed by atoms with Crippen LogP contribution in [0.3, 0.4) is 0 Å². The Morgan fingerprint density at radius 3 is 2.66 bits per heavy atom. The van der Waals surface area contributed by atoms with Crippen molar-refractivity contribution in [1.82, 2.24) is 20.0 Å². The second-order valence-electron chi connectivity index (χ2n) is 9.31. The second-order valence-corrected chi connectivity index (χ2v) is 9.31. The molecule has 2 amide bonds. The number of aryl methyl sites for hydroxylation is 1. The first-order chi connectivity index (χ1) is 15.6. The Morgan fingerprint density at radius 1 is 1.06 bits per heavy atom. The predicted octanol–water partition coefficient (Wildman–Crippen LogP) is 3.94. The topological polar surface area (TPSA) is 79.3 Å². The highest BCUT2D eigenvalue weighted by Crippen LogP contribution is 2.33. The molecule has 0 aliphatic carbocycles. The Labute approximate surface area is 190 Å². The van der Waals surface area contributed by atoms with Gasteiger partial charge >= 0.3 is 0 Å². The molecule has 0 radical (unpaired) electrons. The number of carbonyl (C=O) groups excluding carboxylic acids is 2. The quantitative estimate of drug-likeness (QED) is 0.433. The van der Waals surface area contributed by atoms with Gasteiger partial charge < -0.3 is 10.2 Å². The summed E-state index contributed by atoms with van der Waals surface area (Å²) in [7, 11) is 1.92. The first-order valence-corrected chi connectivity index (χ1v) is 12.4. The summed E-state index contributed by atoms with van der Waals surface area (Å²) in [5.41, 5.74) is 2.85. The number of benzene rings is 1. The Bertz CT molecular complexity index is 932. The molecule has 2 N–H and O–H groups in total. The number of hydrogen-bond donors (Lipinski definition) is 2. The van der Waals surface area contributed by atoms with Crippen LogP contribution in [0, 0.1) is 0 Å². The third-order valence-corrected chi connectivity index (χ3v) is 6.88. The van der Waals surface area contributed by atoms with Gasteiger partial charge in [0.2, 0.25) is 11.8 Å². The van der Waals surface area contributed by atoms with E-state index < -0.39 is 0 Å². The molecule has 174 valence electrons. The van der Waals surface area contributed by atoms with Gasteiger partial charge in [0, 0.05) is 25.4 Å². The van der Waals surface area contributed by atoms with Gasteiger partial charge in [0.05, 0.1) is 22.8 Å². The summed E-state index contributed by atoms with van der Waals surface area (Å²) in [5, 5.41) is 11.7. The number of nitrogens with one attached hydrogen (secondary N) is 2. The van der Waals surface area contributed by atoms with E-state index in [0.29, 0.717) is 12.8 Å². The fourth-order valence-corrected chi connectivity index (χ4v) is 5.12. The Morgan fingerprint density at radius 2 is 1.84 bits per heavy atom. The van der Waals surface area contributed by atoms with Crippen molar-refractivity contribution in [2.24, 2.45) is 7.05 Å². The molecule has 2 saturated heterocycles. The summed E-state index contributed by atoms with van der Waals surface area (Å²) >= 11 is 0. The van der Waals surface area contributed by atoms with Gasteiger partial charge in [0.1, 0.15) is 0 Å². The number of fused-ring (bicyclic) bond motifs is 1. The average molecular weight is 440 g/mol. The molecule has 3 heterocycles. The smallest absolute Gasteiger partial charge is 0.235 e. The Balaban J connectivity index is 1.25. The van der Waals surface area contributed by atoms with Crippen molar-refractivity contribution in [3.8, 4) is 0 Å². The third kappa shape index (κ3) is 5.49. The van der Waals surface area contributed by atoms with Crippen LogP contribution in [0.4, 0.5) is 5.69 Å². The first-order valence-electron chi connectivity index (χ1n) is 12.4. The normalized spacial score (nSPS) is 20.0. The minimum absolute atomic E-state index is 0.194. The minimum atomic E-state index is -0.364. The maximum Gasteiger partial charge on any atom is 0.235 e. The molecular weight excluding hydrogens is 402 g/mol. The van der Waals surface area contributed by atoms with Crippen LogP contribution in [0.2, 0.25) is 0 Å². The van der Waals surface area contributed by atoms with E-state index in [1.807, 2.05) is 23.9 Å². The van der Waals surface area contributed by atoms with Crippen LogP contribution < -0.4 is 10.6 Å². The number of anilines is 1. The molecule has 2 aliphatic rings. The summed E-state index contributed by atoms with van der Waals surface area (Å²) in [6.07, 6.45) is 11.4. The van der Waals surface area contributed by atoms with E-state index in [1.165, 1.54) is 64.6 Å². The summed E-state index contributed by atoms with van der Waals surface area (Å²) < 4.78 is 1.86. The van der Waals surface area contributed by atoms with Crippen molar-refractivity contribution in [1.29, 1.82) is 0 Å². The van der Waals surface area contributed by atoms with E-state index in [4.69, 9.17) is 0 Å². The first kappa shape index (κ1) is 22.8. The van der Waals surface area contributed by atoms with Crippen molar-refractivity contribution in [2.45, 2.75) is 70.1 Å². The van der Waals surface area contributed by atoms with E-state index >= 15 is 0 Å². The number of unbranched alkanes of at least 4 members (excludes halogenated alkanes) is 4. The number of aromatic nitrogens is 2.